The fraction of sp³-hybridized carbons (Fsp3) is 0.625. The number of halogens is 1. The predicted molar refractivity (Wildman–Crippen MR) is 90.2 cm³/mol. The maximum absolute atomic E-state index is 11.5. The van der Waals surface area contributed by atoms with E-state index < -0.39 is 5.91 Å². The van der Waals surface area contributed by atoms with Crippen LogP contribution in [0.1, 0.15) is 49.9 Å². The molecule has 2 saturated heterocycles. The van der Waals surface area contributed by atoms with Crippen LogP contribution in [0.25, 0.3) is 0 Å². The number of primary amides is 1. The van der Waals surface area contributed by atoms with Gasteiger partial charge in [0.15, 0.2) is 5.82 Å². The van der Waals surface area contributed by atoms with Gasteiger partial charge < -0.3 is 5.73 Å². The van der Waals surface area contributed by atoms with Gasteiger partial charge in [-0.25, -0.2) is 9.98 Å². The lowest BCUT2D eigenvalue weighted by Gasteiger charge is -2.46. The van der Waals surface area contributed by atoms with E-state index in [0.717, 1.165) is 12.8 Å². The smallest absolute Gasteiger partial charge is 0.254 e. The maximum atomic E-state index is 11.5. The molecule has 0 saturated carbocycles. The third kappa shape index (κ3) is 3.38. The molecule has 3 heterocycles. The number of fused-ring (bicyclic) bond motifs is 1. The molecule has 7 heteroatoms. The normalized spacial score (nSPS) is 27.3. The molecule has 0 bridgehead atoms. The minimum absolute atomic E-state index is 0.0630. The highest BCUT2D eigenvalue weighted by Gasteiger charge is 2.42. The van der Waals surface area contributed by atoms with Crippen molar-refractivity contribution in [1.82, 2.24) is 14.9 Å². The van der Waals surface area contributed by atoms with Crippen molar-refractivity contribution in [2.45, 2.75) is 51.1 Å². The first-order valence-electron chi connectivity index (χ1n) is 8.00. The Morgan fingerprint density at radius 3 is 3.09 bits per heavy atom. The molecule has 0 aliphatic carbocycles. The van der Waals surface area contributed by atoms with Crippen LogP contribution < -0.4 is 5.73 Å². The zero-order valence-electron chi connectivity index (χ0n) is 13.5. The first kappa shape index (κ1) is 16.3. The summed E-state index contributed by atoms with van der Waals surface area (Å²) in [5, 5.41) is 0.0630. The Morgan fingerprint density at radius 2 is 2.35 bits per heavy atom. The van der Waals surface area contributed by atoms with Crippen molar-refractivity contribution in [2.24, 2.45) is 16.6 Å². The summed E-state index contributed by atoms with van der Waals surface area (Å²) in [4.78, 5) is 26.3. The van der Waals surface area contributed by atoms with Crippen LogP contribution >= 0.6 is 11.6 Å². The Labute approximate surface area is 141 Å². The number of hydrogen-bond acceptors (Lipinski definition) is 5. The number of amides is 1. The molecule has 23 heavy (non-hydrogen) atoms. The molecule has 1 aromatic heterocycles. The second-order valence-corrected chi connectivity index (χ2v) is 7.36. The van der Waals surface area contributed by atoms with Gasteiger partial charge in [-0.3, -0.25) is 9.69 Å². The van der Waals surface area contributed by atoms with E-state index in [0.29, 0.717) is 12.0 Å². The Morgan fingerprint density at radius 1 is 1.57 bits per heavy atom. The average molecular weight is 336 g/mol. The molecule has 2 aliphatic rings. The topological polar surface area (TPSA) is 84.5 Å². The lowest BCUT2D eigenvalue weighted by Crippen LogP contribution is -2.52. The van der Waals surface area contributed by atoms with E-state index in [1.54, 1.807) is 0 Å². The van der Waals surface area contributed by atoms with E-state index in [4.69, 9.17) is 17.3 Å². The number of carbonyl (C=O) groups excluding carboxylic acids is 1. The van der Waals surface area contributed by atoms with Crippen LogP contribution in [0, 0.1) is 5.92 Å². The number of piperidine rings is 1. The molecule has 0 spiro atoms. The van der Waals surface area contributed by atoms with E-state index in [-0.39, 0.29) is 22.2 Å². The summed E-state index contributed by atoms with van der Waals surface area (Å²) in [6.07, 6.45) is 7.89. The van der Waals surface area contributed by atoms with Crippen LogP contribution in [0.15, 0.2) is 11.2 Å². The van der Waals surface area contributed by atoms with Crippen molar-refractivity contribution >= 4 is 29.5 Å². The number of carbonyl (C=O) groups is 1. The van der Waals surface area contributed by atoms with Crippen LogP contribution in [0.4, 0.5) is 5.82 Å². The zero-order valence-corrected chi connectivity index (χ0v) is 14.3. The second kappa shape index (κ2) is 6.17. The SMILES string of the molecule is CC1(C)CC(C=Nc2nc(Cl)ncc2C(N)=O)CC2CCCN21. The van der Waals surface area contributed by atoms with Gasteiger partial charge in [0.1, 0.15) is 5.56 Å². The molecule has 0 aromatic carbocycles. The quantitative estimate of drug-likeness (QED) is 0.679. The summed E-state index contributed by atoms with van der Waals surface area (Å²) < 4.78 is 0. The van der Waals surface area contributed by atoms with E-state index in [1.807, 2.05) is 6.21 Å². The van der Waals surface area contributed by atoms with Gasteiger partial charge in [-0.05, 0) is 63.6 Å². The van der Waals surface area contributed by atoms with Crippen LogP contribution in [0.2, 0.25) is 5.28 Å². The Balaban J connectivity index is 1.81. The fourth-order valence-corrected chi connectivity index (χ4v) is 4.11. The molecule has 6 nitrogen and oxygen atoms in total. The van der Waals surface area contributed by atoms with Gasteiger partial charge in [-0.1, -0.05) is 0 Å². The van der Waals surface area contributed by atoms with E-state index in [2.05, 4.69) is 33.7 Å². The number of rotatable bonds is 3. The van der Waals surface area contributed by atoms with Crippen molar-refractivity contribution < 1.29 is 4.79 Å². The van der Waals surface area contributed by atoms with Crippen molar-refractivity contribution in [3.63, 3.8) is 0 Å². The first-order chi connectivity index (χ1) is 10.9. The Hall–Kier alpha value is -1.53. The predicted octanol–water partition coefficient (Wildman–Crippen LogP) is 2.58. The van der Waals surface area contributed by atoms with Crippen LogP contribution in [0.5, 0.6) is 0 Å². The molecule has 3 rings (SSSR count). The molecule has 2 fully saturated rings. The van der Waals surface area contributed by atoms with Crippen molar-refractivity contribution in [1.29, 1.82) is 0 Å². The molecule has 2 atom stereocenters. The molecule has 2 N–H and O–H groups in total. The lowest BCUT2D eigenvalue weighted by atomic mass is 9.80. The summed E-state index contributed by atoms with van der Waals surface area (Å²) in [5.41, 5.74) is 5.71. The number of nitrogens with two attached hydrogens (primary N) is 1. The molecule has 2 aliphatic heterocycles. The summed E-state index contributed by atoms with van der Waals surface area (Å²) in [7, 11) is 0. The highest BCUT2D eigenvalue weighted by Crippen LogP contribution is 2.39. The van der Waals surface area contributed by atoms with Gasteiger partial charge >= 0.3 is 0 Å². The molecule has 2 unspecified atom stereocenters. The van der Waals surface area contributed by atoms with Crippen molar-refractivity contribution in [3.8, 4) is 0 Å². The molecule has 124 valence electrons. The molecular formula is C16H22ClN5O. The standard InChI is InChI=1S/C16H22ClN5O/c1-16(2)7-10(6-11-4-3-5-22(11)16)8-19-14-12(13(18)23)9-20-15(17)21-14/h8-11H,3-7H2,1-2H3,(H2,18,23). The minimum atomic E-state index is -0.597. The largest absolute Gasteiger partial charge is 0.365 e. The summed E-state index contributed by atoms with van der Waals surface area (Å²) in [6.45, 7) is 5.78. The van der Waals surface area contributed by atoms with Crippen LogP contribution in [-0.4, -0.2) is 45.1 Å². The van der Waals surface area contributed by atoms with Gasteiger partial charge in [0.05, 0.1) is 0 Å². The fourth-order valence-electron chi connectivity index (χ4n) is 3.98. The summed E-state index contributed by atoms with van der Waals surface area (Å²) in [5.74, 6) is 0.0164. The number of aromatic nitrogens is 2. The number of aliphatic imine (C=N–C) groups is 1. The van der Waals surface area contributed by atoms with Crippen molar-refractivity contribution in [2.75, 3.05) is 6.54 Å². The van der Waals surface area contributed by atoms with E-state index in [9.17, 15) is 4.79 Å². The first-order valence-corrected chi connectivity index (χ1v) is 8.38. The molecule has 1 amide bonds. The van der Waals surface area contributed by atoms with Crippen LogP contribution in [0.3, 0.4) is 0 Å². The minimum Gasteiger partial charge on any atom is -0.365 e. The number of hydrogen-bond donors (Lipinski definition) is 1. The lowest BCUT2D eigenvalue weighted by molar-refractivity contribution is 0.0429. The van der Waals surface area contributed by atoms with Gasteiger partial charge in [0.2, 0.25) is 5.28 Å². The molecule has 0 radical (unpaired) electrons. The zero-order chi connectivity index (χ0) is 16.6. The van der Waals surface area contributed by atoms with Gasteiger partial charge in [-0.15, -0.1) is 0 Å². The third-order valence-electron chi connectivity index (χ3n) is 4.90. The monoisotopic (exact) mass is 335 g/mol. The average Bonchev–Trinajstić information content (AvgIpc) is 2.93. The van der Waals surface area contributed by atoms with E-state index >= 15 is 0 Å². The van der Waals surface area contributed by atoms with Crippen LogP contribution in [-0.2, 0) is 0 Å². The van der Waals surface area contributed by atoms with Gasteiger partial charge in [0, 0.05) is 24.0 Å². The summed E-state index contributed by atoms with van der Waals surface area (Å²) >= 11 is 5.81. The number of nitrogens with zero attached hydrogens (tertiary/aromatic N) is 4. The Kier molecular flexibility index (Phi) is 4.38. The highest BCUT2D eigenvalue weighted by atomic mass is 35.5. The van der Waals surface area contributed by atoms with Gasteiger partial charge in [0.25, 0.3) is 5.91 Å². The maximum Gasteiger partial charge on any atom is 0.254 e. The summed E-state index contributed by atoms with van der Waals surface area (Å²) in [6, 6.07) is 0.625. The van der Waals surface area contributed by atoms with E-state index in [1.165, 1.54) is 25.6 Å². The second-order valence-electron chi connectivity index (χ2n) is 7.02. The van der Waals surface area contributed by atoms with Crippen molar-refractivity contribution in [3.05, 3.63) is 17.0 Å². The van der Waals surface area contributed by atoms with Gasteiger partial charge in [-0.2, -0.15) is 4.98 Å². The Bertz CT molecular complexity index is 645. The third-order valence-corrected chi connectivity index (χ3v) is 5.09. The molecule has 1 aromatic rings. The molecular weight excluding hydrogens is 314 g/mol. The highest BCUT2D eigenvalue weighted by molar-refractivity contribution is 6.28.